The van der Waals surface area contributed by atoms with Crippen molar-refractivity contribution < 1.29 is 19.1 Å². The number of oxazole rings is 1. The lowest BCUT2D eigenvalue weighted by Crippen LogP contribution is -2.48. The van der Waals surface area contributed by atoms with Gasteiger partial charge in [-0.2, -0.15) is 11.8 Å². The molecule has 0 aliphatic carbocycles. The summed E-state index contributed by atoms with van der Waals surface area (Å²) in [5, 5.41) is 10.1. The van der Waals surface area contributed by atoms with Gasteiger partial charge < -0.3 is 19.2 Å². The Morgan fingerprint density at radius 1 is 1.17 bits per heavy atom. The van der Waals surface area contributed by atoms with E-state index in [9.17, 15) is 9.90 Å². The average Bonchev–Trinajstić information content (AvgIpc) is 3.18. The minimum Gasteiger partial charge on any atom is -0.447 e. The molecule has 1 amide bonds. The third-order valence-electron chi connectivity index (χ3n) is 5.12. The number of carbonyl (C=O) groups is 1. The van der Waals surface area contributed by atoms with Crippen LogP contribution in [-0.4, -0.2) is 107 Å². The largest absolute Gasteiger partial charge is 0.447 e. The number of amides is 1. The Morgan fingerprint density at radius 3 is 2.55 bits per heavy atom. The number of ether oxygens (including phenoxy) is 1. The molecule has 1 unspecified atom stereocenters. The highest BCUT2D eigenvalue weighted by Gasteiger charge is 2.24. The average molecular weight is 427 g/mol. The smallest absolute Gasteiger partial charge is 0.275 e. The van der Waals surface area contributed by atoms with Gasteiger partial charge in [0.25, 0.3) is 5.91 Å². The number of β-amino-alcohol motifs (C(OH)–C–C–N with tert-alkyl or cyclic N) is 1. The number of aromatic nitrogens is 1. The van der Waals surface area contributed by atoms with Crippen molar-refractivity contribution in [3.8, 4) is 0 Å². The summed E-state index contributed by atoms with van der Waals surface area (Å²) in [4.78, 5) is 23.3. The quantitative estimate of drug-likeness (QED) is 0.627. The number of rotatable bonds is 9. The van der Waals surface area contributed by atoms with E-state index in [4.69, 9.17) is 9.15 Å². The zero-order chi connectivity index (χ0) is 20.6. The zero-order valence-corrected chi connectivity index (χ0v) is 18.4. The number of carbonyl (C=O) groups excluding carboxylic acids is 1. The Kier molecular flexibility index (Phi) is 8.80. The fraction of sp³-hybridized carbons (Fsp3) is 0.800. The highest BCUT2D eigenvalue weighted by Crippen LogP contribution is 2.14. The van der Waals surface area contributed by atoms with E-state index in [1.54, 1.807) is 0 Å². The molecular weight excluding hydrogens is 392 g/mol. The molecule has 0 aromatic carbocycles. The molecule has 1 atom stereocenters. The second kappa shape index (κ2) is 11.3. The van der Waals surface area contributed by atoms with Gasteiger partial charge in [0.2, 0.25) is 5.89 Å². The van der Waals surface area contributed by atoms with Gasteiger partial charge in [-0.05, 0) is 5.92 Å². The van der Waals surface area contributed by atoms with Crippen LogP contribution in [0.25, 0.3) is 0 Å². The summed E-state index contributed by atoms with van der Waals surface area (Å²) in [5.74, 6) is 3.02. The normalized spacial score (nSPS) is 20.3. The van der Waals surface area contributed by atoms with Crippen LogP contribution in [0.2, 0.25) is 0 Å². The molecule has 2 aliphatic heterocycles. The lowest BCUT2D eigenvalue weighted by molar-refractivity contribution is -0.000850. The van der Waals surface area contributed by atoms with Crippen molar-refractivity contribution in [1.82, 2.24) is 19.7 Å². The Morgan fingerprint density at radius 2 is 1.86 bits per heavy atom. The first-order chi connectivity index (χ1) is 14.0. The molecule has 3 rings (SSSR count). The van der Waals surface area contributed by atoms with Crippen LogP contribution < -0.4 is 0 Å². The van der Waals surface area contributed by atoms with Gasteiger partial charge in [0.05, 0.1) is 19.3 Å². The molecule has 2 fully saturated rings. The zero-order valence-electron chi connectivity index (χ0n) is 17.6. The van der Waals surface area contributed by atoms with Crippen molar-refractivity contribution in [2.24, 2.45) is 5.92 Å². The number of nitrogens with zero attached hydrogens (tertiary/aromatic N) is 4. The van der Waals surface area contributed by atoms with Gasteiger partial charge in [-0.1, -0.05) is 13.8 Å². The Bertz CT molecular complexity index is 628. The van der Waals surface area contributed by atoms with E-state index in [0.717, 1.165) is 50.8 Å². The number of hydrogen-bond acceptors (Lipinski definition) is 8. The van der Waals surface area contributed by atoms with E-state index in [1.165, 1.54) is 6.26 Å². The Hall–Kier alpha value is -1.13. The van der Waals surface area contributed by atoms with Crippen LogP contribution >= 0.6 is 11.8 Å². The van der Waals surface area contributed by atoms with Crippen LogP contribution in [0.3, 0.4) is 0 Å². The third-order valence-corrected chi connectivity index (χ3v) is 6.07. The van der Waals surface area contributed by atoms with Crippen LogP contribution in [0, 0.1) is 5.92 Å². The SMILES string of the molecule is CC(C)COCC(O)CN1CCN(Cc2nc(C(=O)N3CCSCC3)co2)CC1. The molecular formula is C20H34N4O4S. The standard InChI is InChI=1S/C20H34N4O4S/c1-16(2)13-27-14-17(25)11-22-3-5-23(6-4-22)12-19-21-18(15-28-19)20(26)24-7-9-29-10-8-24/h15-17,25H,3-14H2,1-2H3. The number of aliphatic hydroxyl groups excluding tert-OH is 1. The molecule has 0 radical (unpaired) electrons. The molecule has 8 nitrogen and oxygen atoms in total. The number of hydrogen-bond donors (Lipinski definition) is 1. The fourth-order valence-corrected chi connectivity index (χ4v) is 4.43. The lowest BCUT2D eigenvalue weighted by Gasteiger charge is -2.34. The molecule has 2 saturated heterocycles. The summed E-state index contributed by atoms with van der Waals surface area (Å²) in [6.45, 7) is 11.6. The van der Waals surface area contributed by atoms with E-state index in [2.05, 4.69) is 28.6 Å². The maximum atomic E-state index is 12.5. The predicted molar refractivity (Wildman–Crippen MR) is 113 cm³/mol. The molecule has 1 N–H and O–H groups in total. The van der Waals surface area contributed by atoms with E-state index in [0.29, 0.717) is 43.8 Å². The highest BCUT2D eigenvalue weighted by atomic mass is 32.2. The van der Waals surface area contributed by atoms with Crippen LogP contribution in [-0.2, 0) is 11.3 Å². The molecule has 164 valence electrons. The van der Waals surface area contributed by atoms with E-state index < -0.39 is 6.10 Å². The molecule has 0 spiro atoms. The molecule has 0 saturated carbocycles. The Labute approximate surface area is 177 Å². The van der Waals surface area contributed by atoms with Gasteiger partial charge in [-0.3, -0.25) is 14.6 Å². The van der Waals surface area contributed by atoms with Gasteiger partial charge in [0.15, 0.2) is 5.69 Å². The predicted octanol–water partition coefficient (Wildman–Crippen LogP) is 1.01. The first-order valence-electron chi connectivity index (χ1n) is 10.5. The van der Waals surface area contributed by atoms with E-state index in [1.807, 2.05) is 16.7 Å². The van der Waals surface area contributed by atoms with Crippen molar-refractivity contribution in [2.45, 2.75) is 26.5 Å². The van der Waals surface area contributed by atoms with Gasteiger partial charge in [0.1, 0.15) is 6.26 Å². The van der Waals surface area contributed by atoms with Crippen LogP contribution in [0.5, 0.6) is 0 Å². The maximum Gasteiger partial charge on any atom is 0.275 e. The summed E-state index contributed by atoms with van der Waals surface area (Å²) in [7, 11) is 0. The second-order valence-electron chi connectivity index (χ2n) is 8.19. The van der Waals surface area contributed by atoms with Crippen molar-refractivity contribution in [2.75, 3.05) is 70.5 Å². The molecule has 1 aromatic rings. The maximum absolute atomic E-state index is 12.5. The van der Waals surface area contributed by atoms with Crippen molar-refractivity contribution in [1.29, 1.82) is 0 Å². The molecule has 2 aliphatic rings. The molecule has 1 aromatic heterocycles. The first kappa shape index (κ1) is 22.6. The Balaban J connectivity index is 1.37. The van der Waals surface area contributed by atoms with Crippen molar-refractivity contribution >= 4 is 17.7 Å². The summed E-state index contributed by atoms with van der Waals surface area (Å²) in [5.41, 5.74) is 0.412. The topological polar surface area (TPSA) is 82.3 Å². The van der Waals surface area contributed by atoms with Crippen LogP contribution in [0.15, 0.2) is 10.7 Å². The monoisotopic (exact) mass is 426 g/mol. The van der Waals surface area contributed by atoms with Crippen LogP contribution in [0.1, 0.15) is 30.2 Å². The van der Waals surface area contributed by atoms with Crippen molar-refractivity contribution in [3.05, 3.63) is 17.8 Å². The summed E-state index contributed by atoms with van der Waals surface area (Å²) in [6, 6.07) is 0. The summed E-state index contributed by atoms with van der Waals surface area (Å²) in [6.07, 6.45) is 1.04. The number of aliphatic hydroxyl groups is 1. The van der Waals surface area contributed by atoms with Gasteiger partial charge in [-0.15, -0.1) is 0 Å². The lowest BCUT2D eigenvalue weighted by atomic mass is 10.2. The molecule has 9 heteroatoms. The number of thioether (sulfide) groups is 1. The first-order valence-corrected chi connectivity index (χ1v) is 11.7. The highest BCUT2D eigenvalue weighted by molar-refractivity contribution is 7.99. The van der Waals surface area contributed by atoms with Gasteiger partial charge in [0, 0.05) is 63.9 Å². The molecule has 0 bridgehead atoms. The van der Waals surface area contributed by atoms with Crippen molar-refractivity contribution in [3.63, 3.8) is 0 Å². The summed E-state index contributed by atoms with van der Waals surface area (Å²) >= 11 is 1.88. The second-order valence-corrected chi connectivity index (χ2v) is 9.42. The number of piperazine rings is 1. The van der Waals surface area contributed by atoms with Gasteiger partial charge in [-0.25, -0.2) is 4.98 Å². The molecule has 29 heavy (non-hydrogen) atoms. The van der Waals surface area contributed by atoms with E-state index >= 15 is 0 Å². The third kappa shape index (κ3) is 7.25. The fourth-order valence-electron chi connectivity index (χ4n) is 3.52. The minimum atomic E-state index is -0.450. The summed E-state index contributed by atoms with van der Waals surface area (Å²) < 4.78 is 11.1. The molecule has 3 heterocycles. The van der Waals surface area contributed by atoms with E-state index in [-0.39, 0.29) is 5.91 Å². The van der Waals surface area contributed by atoms with Gasteiger partial charge >= 0.3 is 0 Å². The minimum absolute atomic E-state index is 0.0289. The van der Waals surface area contributed by atoms with Crippen LogP contribution in [0.4, 0.5) is 0 Å².